The highest BCUT2D eigenvalue weighted by Gasteiger charge is 2.09. The normalized spacial score (nSPS) is 13.2. The third-order valence-electron chi connectivity index (χ3n) is 3.38. The summed E-state index contributed by atoms with van der Waals surface area (Å²) in [5, 5.41) is 12.7. The second-order valence-corrected chi connectivity index (χ2v) is 5.38. The molecule has 0 heterocycles. The Hall–Kier alpha value is -0.0800. The Morgan fingerprint density at radius 2 is 1.47 bits per heavy atom. The molecule has 1 unspecified atom stereocenters. The number of rotatable bonds is 12. The molecule has 0 radical (unpaired) electrons. The standard InChI is InChI=1S/C15H33NO/c1-4-6-8-10-15(11-9-7-5-2)16-12-14(3)13-17/h14-17H,4-13H2,1-3H3. The van der Waals surface area contributed by atoms with Crippen molar-refractivity contribution in [3.63, 3.8) is 0 Å². The van der Waals surface area contributed by atoms with Crippen molar-refractivity contribution in [1.82, 2.24) is 5.32 Å². The van der Waals surface area contributed by atoms with Crippen LogP contribution in [0.4, 0.5) is 0 Å². The van der Waals surface area contributed by atoms with Crippen molar-refractivity contribution in [3.05, 3.63) is 0 Å². The van der Waals surface area contributed by atoms with Crippen molar-refractivity contribution >= 4 is 0 Å². The minimum atomic E-state index is 0.295. The van der Waals surface area contributed by atoms with E-state index in [9.17, 15) is 0 Å². The summed E-state index contributed by atoms with van der Waals surface area (Å²) < 4.78 is 0. The van der Waals surface area contributed by atoms with Gasteiger partial charge in [0.05, 0.1) is 0 Å². The molecule has 2 heteroatoms. The highest BCUT2D eigenvalue weighted by atomic mass is 16.3. The number of aliphatic hydroxyl groups excluding tert-OH is 1. The van der Waals surface area contributed by atoms with Crippen LogP contribution in [0.2, 0.25) is 0 Å². The van der Waals surface area contributed by atoms with Crippen molar-refractivity contribution in [2.24, 2.45) is 5.92 Å². The van der Waals surface area contributed by atoms with Gasteiger partial charge in [0.1, 0.15) is 0 Å². The van der Waals surface area contributed by atoms with Crippen molar-refractivity contribution < 1.29 is 5.11 Å². The van der Waals surface area contributed by atoms with E-state index in [1.54, 1.807) is 0 Å². The lowest BCUT2D eigenvalue weighted by Gasteiger charge is -2.20. The van der Waals surface area contributed by atoms with E-state index in [-0.39, 0.29) is 0 Å². The molecule has 0 aliphatic heterocycles. The number of hydrogen-bond donors (Lipinski definition) is 2. The summed E-state index contributed by atoms with van der Waals surface area (Å²) in [6.45, 7) is 7.87. The van der Waals surface area contributed by atoms with E-state index in [1.165, 1.54) is 51.4 Å². The number of hydrogen-bond acceptors (Lipinski definition) is 2. The quantitative estimate of drug-likeness (QED) is 0.512. The summed E-state index contributed by atoms with van der Waals surface area (Å²) in [4.78, 5) is 0. The molecule has 0 aromatic heterocycles. The highest BCUT2D eigenvalue weighted by Crippen LogP contribution is 2.11. The third-order valence-corrected chi connectivity index (χ3v) is 3.38. The van der Waals surface area contributed by atoms with E-state index < -0.39 is 0 Å². The van der Waals surface area contributed by atoms with Crippen LogP contribution in [0.1, 0.15) is 72.1 Å². The van der Waals surface area contributed by atoms with E-state index in [0.29, 0.717) is 18.6 Å². The van der Waals surface area contributed by atoms with Gasteiger partial charge in [0, 0.05) is 19.2 Å². The van der Waals surface area contributed by atoms with Crippen molar-refractivity contribution in [2.45, 2.75) is 78.2 Å². The molecule has 0 aromatic carbocycles. The smallest absolute Gasteiger partial charge is 0.0468 e. The molecule has 0 aliphatic carbocycles. The Bertz CT molecular complexity index is 140. The molecule has 0 spiro atoms. The Labute approximate surface area is 108 Å². The average Bonchev–Trinajstić information content (AvgIpc) is 2.35. The molecule has 2 N–H and O–H groups in total. The topological polar surface area (TPSA) is 32.3 Å². The number of nitrogens with one attached hydrogen (secondary N) is 1. The minimum Gasteiger partial charge on any atom is -0.396 e. The van der Waals surface area contributed by atoms with E-state index >= 15 is 0 Å². The molecule has 0 amide bonds. The van der Waals surface area contributed by atoms with Gasteiger partial charge in [-0.15, -0.1) is 0 Å². The van der Waals surface area contributed by atoms with Crippen LogP contribution in [0.5, 0.6) is 0 Å². The first-order valence-corrected chi connectivity index (χ1v) is 7.58. The lowest BCUT2D eigenvalue weighted by molar-refractivity contribution is 0.227. The molecule has 2 nitrogen and oxygen atoms in total. The molecular weight excluding hydrogens is 210 g/mol. The highest BCUT2D eigenvalue weighted by molar-refractivity contribution is 4.69. The molecule has 0 aliphatic rings. The molecule has 0 saturated carbocycles. The summed E-state index contributed by atoms with van der Waals surface area (Å²) >= 11 is 0. The van der Waals surface area contributed by atoms with E-state index in [0.717, 1.165) is 6.54 Å². The van der Waals surface area contributed by atoms with Gasteiger partial charge in [-0.05, 0) is 18.8 Å². The predicted octanol–water partition coefficient (Wildman–Crippen LogP) is 3.73. The molecular formula is C15H33NO. The molecule has 17 heavy (non-hydrogen) atoms. The Balaban J connectivity index is 3.75. The summed E-state index contributed by atoms with van der Waals surface area (Å²) in [6, 6.07) is 0.669. The van der Waals surface area contributed by atoms with Gasteiger partial charge < -0.3 is 10.4 Å². The number of unbranched alkanes of at least 4 members (excludes halogenated alkanes) is 4. The lowest BCUT2D eigenvalue weighted by atomic mass is 10.0. The van der Waals surface area contributed by atoms with Crippen LogP contribution in [0, 0.1) is 5.92 Å². The van der Waals surface area contributed by atoms with Gasteiger partial charge in [-0.25, -0.2) is 0 Å². The average molecular weight is 243 g/mol. The van der Waals surface area contributed by atoms with Crippen LogP contribution in [-0.2, 0) is 0 Å². The molecule has 0 aromatic rings. The molecule has 0 saturated heterocycles. The Morgan fingerprint density at radius 1 is 0.941 bits per heavy atom. The SMILES string of the molecule is CCCCCC(CCCCC)NCC(C)CO. The number of aliphatic hydroxyl groups is 1. The first-order chi connectivity index (χ1) is 8.24. The zero-order valence-corrected chi connectivity index (χ0v) is 12.2. The first kappa shape index (κ1) is 16.9. The molecule has 104 valence electrons. The summed E-state index contributed by atoms with van der Waals surface area (Å²) in [5.41, 5.74) is 0. The maximum absolute atomic E-state index is 9.04. The van der Waals surface area contributed by atoms with Crippen LogP contribution in [0.3, 0.4) is 0 Å². The van der Waals surface area contributed by atoms with E-state index in [1.807, 2.05) is 0 Å². The van der Waals surface area contributed by atoms with E-state index in [2.05, 4.69) is 26.1 Å². The molecule has 0 fully saturated rings. The van der Waals surface area contributed by atoms with Crippen LogP contribution in [0.25, 0.3) is 0 Å². The maximum atomic E-state index is 9.04. The van der Waals surface area contributed by atoms with Gasteiger partial charge in [0.15, 0.2) is 0 Å². The zero-order chi connectivity index (χ0) is 12.9. The van der Waals surface area contributed by atoms with E-state index in [4.69, 9.17) is 5.11 Å². The van der Waals surface area contributed by atoms with Crippen LogP contribution in [0.15, 0.2) is 0 Å². The van der Waals surface area contributed by atoms with Crippen LogP contribution in [-0.4, -0.2) is 24.3 Å². The summed E-state index contributed by atoms with van der Waals surface area (Å²) in [6.07, 6.45) is 10.6. The van der Waals surface area contributed by atoms with Crippen molar-refractivity contribution in [1.29, 1.82) is 0 Å². The Kier molecular flexibility index (Phi) is 12.3. The van der Waals surface area contributed by atoms with Crippen molar-refractivity contribution in [2.75, 3.05) is 13.2 Å². The fourth-order valence-corrected chi connectivity index (χ4v) is 2.06. The summed E-state index contributed by atoms with van der Waals surface area (Å²) in [5.74, 6) is 0.384. The van der Waals surface area contributed by atoms with Gasteiger partial charge >= 0.3 is 0 Å². The van der Waals surface area contributed by atoms with Gasteiger partial charge in [0.2, 0.25) is 0 Å². The van der Waals surface area contributed by atoms with Gasteiger partial charge in [-0.1, -0.05) is 59.3 Å². The third kappa shape index (κ3) is 10.8. The fourth-order valence-electron chi connectivity index (χ4n) is 2.06. The molecule has 0 rings (SSSR count). The second kappa shape index (κ2) is 12.4. The monoisotopic (exact) mass is 243 g/mol. The lowest BCUT2D eigenvalue weighted by Crippen LogP contribution is -2.33. The Morgan fingerprint density at radius 3 is 1.88 bits per heavy atom. The zero-order valence-electron chi connectivity index (χ0n) is 12.2. The predicted molar refractivity (Wildman–Crippen MR) is 76.3 cm³/mol. The second-order valence-electron chi connectivity index (χ2n) is 5.38. The maximum Gasteiger partial charge on any atom is 0.0468 e. The largest absolute Gasteiger partial charge is 0.396 e. The van der Waals surface area contributed by atoms with Gasteiger partial charge in [0.25, 0.3) is 0 Å². The van der Waals surface area contributed by atoms with Gasteiger partial charge in [-0.3, -0.25) is 0 Å². The van der Waals surface area contributed by atoms with Crippen LogP contribution < -0.4 is 5.32 Å². The van der Waals surface area contributed by atoms with Crippen molar-refractivity contribution in [3.8, 4) is 0 Å². The molecule has 0 bridgehead atoms. The van der Waals surface area contributed by atoms with Gasteiger partial charge in [-0.2, -0.15) is 0 Å². The summed E-state index contributed by atoms with van der Waals surface area (Å²) in [7, 11) is 0. The molecule has 1 atom stereocenters. The van der Waals surface area contributed by atoms with Crippen LogP contribution >= 0.6 is 0 Å². The first-order valence-electron chi connectivity index (χ1n) is 7.58. The fraction of sp³-hybridized carbons (Fsp3) is 1.00. The minimum absolute atomic E-state index is 0.295.